The van der Waals surface area contributed by atoms with Crippen LogP contribution in [0.25, 0.3) is 11.9 Å². The molecule has 22 nitrogen and oxygen atoms in total. The van der Waals surface area contributed by atoms with Gasteiger partial charge in [-0.25, -0.2) is 4.79 Å². The number of carbonyl (C=O) groups is 2. The number of nitrogens with zero attached hydrogens (tertiary/aromatic N) is 14. The van der Waals surface area contributed by atoms with Gasteiger partial charge in [0.1, 0.15) is 10.0 Å². The quantitative estimate of drug-likeness (QED) is 0.113. The maximum Gasteiger partial charge on any atom is 0.351 e. The minimum absolute atomic E-state index is 0.0160. The van der Waals surface area contributed by atoms with Crippen LogP contribution in [0, 0.1) is 0 Å². The second kappa shape index (κ2) is 14.1. The fourth-order valence-electron chi connectivity index (χ4n) is 4.31. The van der Waals surface area contributed by atoms with E-state index in [-0.39, 0.29) is 70.9 Å². The van der Waals surface area contributed by atoms with Crippen molar-refractivity contribution >= 4 is 67.9 Å². The van der Waals surface area contributed by atoms with Gasteiger partial charge in [-0.2, -0.15) is 29.5 Å². The molecule has 0 spiro atoms. The molecule has 5 rings (SSSR count). The van der Waals surface area contributed by atoms with E-state index in [1.807, 2.05) is 41.5 Å². The largest absolute Gasteiger partial charge is 0.481 e. The number of aliphatic carboxylic acids is 2. The monoisotopic (exact) mass is 739 g/mol. The molecule has 0 aliphatic carbocycles. The number of H-pyrrole nitrogens is 1. The molecule has 0 amide bonds. The third-order valence-corrected chi connectivity index (χ3v) is 8.45. The highest BCUT2D eigenvalue weighted by atomic mass is 32.1. The molecule has 0 bridgehead atoms. The van der Waals surface area contributed by atoms with Gasteiger partial charge in [-0.15, -0.1) is 40.9 Å². The second-order valence-corrected chi connectivity index (χ2v) is 15.0. The van der Waals surface area contributed by atoms with E-state index in [2.05, 4.69) is 66.0 Å². The first-order valence-corrected chi connectivity index (χ1v) is 16.7. The molecular formula is C27H33N17O5S2. The molecule has 0 saturated carbocycles. The molecule has 24 heteroatoms. The molecule has 0 aliphatic heterocycles. The normalized spacial score (nSPS) is 12.4. The fourth-order valence-corrected chi connectivity index (χ4v) is 5.63. The first-order chi connectivity index (χ1) is 23.9. The van der Waals surface area contributed by atoms with Crippen LogP contribution in [0.15, 0.2) is 25.3 Å². The average Bonchev–Trinajstić information content (AvgIpc) is 3.82. The van der Waals surface area contributed by atoms with E-state index in [4.69, 9.17) is 21.7 Å². The summed E-state index contributed by atoms with van der Waals surface area (Å²) in [5.74, 6) is -2.31. The van der Waals surface area contributed by atoms with Gasteiger partial charge >= 0.3 is 17.6 Å². The number of hydrogen-bond acceptors (Lipinski definition) is 19. The zero-order chi connectivity index (χ0) is 37.2. The van der Waals surface area contributed by atoms with Crippen LogP contribution < -0.4 is 17.2 Å². The lowest BCUT2D eigenvalue weighted by molar-refractivity contribution is -0.138. The maximum absolute atomic E-state index is 12.9. The average molecular weight is 740 g/mol. The summed E-state index contributed by atoms with van der Waals surface area (Å²) < 4.78 is 2.33. The van der Waals surface area contributed by atoms with Gasteiger partial charge in [-0.1, -0.05) is 64.2 Å². The zero-order valence-corrected chi connectivity index (χ0v) is 29.8. The number of rotatable bonds is 12. The van der Waals surface area contributed by atoms with Gasteiger partial charge in [0.25, 0.3) is 16.2 Å². The summed E-state index contributed by atoms with van der Waals surface area (Å²) in [6, 6.07) is 0. The van der Waals surface area contributed by atoms with E-state index in [0.29, 0.717) is 21.4 Å². The first-order valence-electron chi connectivity index (χ1n) is 15.1. The number of nitrogen functional groups attached to an aromatic ring is 2. The zero-order valence-electron chi connectivity index (χ0n) is 28.2. The van der Waals surface area contributed by atoms with Gasteiger partial charge in [0.05, 0.1) is 24.2 Å². The number of carboxylic acid groups (broad SMARTS) is 2. The van der Waals surface area contributed by atoms with Crippen LogP contribution in [0.5, 0.6) is 0 Å². The van der Waals surface area contributed by atoms with Gasteiger partial charge in [-0.05, 0) is 0 Å². The number of aryl methyl sites for hydroxylation is 2. The van der Waals surface area contributed by atoms with Gasteiger partial charge in [0.2, 0.25) is 5.95 Å². The summed E-state index contributed by atoms with van der Waals surface area (Å²) in [5, 5.41) is 61.1. The van der Waals surface area contributed by atoms with E-state index in [0.717, 1.165) is 27.4 Å². The lowest BCUT2D eigenvalue weighted by Crippen LogP contribution is -2.22. The third-order valence-electron chi connectivity index (χ3n) is 6.72. The highest BCUT2D eigenvalue weighted by molar-refractivity contribution is 7.15. The van der Waals surface area contributed by atoms with Gasteiger partial charge in [0.15, 0.2) is 23.0 Å². The maximum atomic E-state index is 12.9. The minimum atomic E-state index is -0.959. The van der Waals surface area contributed by atoms with Crippen LogP contribution in [0.1, 0.15) is 75.8 Å². The standard InChI is InChI=1S/C27H33N17O5S2/c1-26(2,3)17-15(35-39-24-37-33-11(50-24)7-9-13(45)46)19(28)43(41-17)21-30-22(32-23(49)31-21)44-20(29)16(18(42-44)27(4,5)6)36-40-25-38-34-12(51-25)8-10-14(47)48/h7-10,28-29H2,1-6H3,(H,45,46)(H,47,48)(H,30,31,32,49). The number of nitrogens with two attached hydrogens (primary N) is 2. The van der Waals surface area contributed by atoms with Crippen molar-refractivity contribution < 1.29 is 19.8 Å². The van der Waals surface area contributed by atoms with Gasteiger partial charge in [-0.3, -0.25) is 14.6 Å². The van der Waals surface area contributed by atoms with Crippen molar-refractivity contribution in [2.24, 2.45) is 20.5 Å². The Kier molecular flexibility index (Phi) is 10.1. The SMILES string of the molecule is CC(C)(C)c1nn(-c2nc(-n3nc(C(C)(C)C)c(N=Nc4nnc(CCC(=O)O)s4)c3N)[nH]c(=O)n2)c(N)c1N=Nc1nnc(CCC(=O)O)s1. The highest BCUT2D eigenvalue weighted by Gasteiger charge is 2.30. The number of aromatic nitrogens is 11. The number of anilines is 2. The fraction of sp³-hybridized carbons (Fsp3) is 0.444. The van der Waals surface area contributed by atoms with E-state index < -0.39 is 28.5 Å². The summed E-state index contributed by atoms with van der Waals surface area (Å²) in [5.41, 5.74) is 12.2. The molecule has 5 aromatic rings. The van der Waals surface area contributed by atoms with Crippen LogP contribution in [0.3, 0.4) is 0 Å². The van der Waals surface area contributed by atoms with Gasteiger partial charge < -0.3 is 21.7 Å². The Morgan fingerprint density at radius 1 is 0.725 bits per heavy atom. The Balaban J connectivity index is 1.53. The number of hydrogen-bond donors (Lipinski definition) is 5. The molecule has 51 heavy (non-hydrogen) atoms. The van der Waals surface area contributed by atoms with Crippen molar-refractivity contribution in [2.45, 2.75) is 78.1 Å². The van der Waals surface area contributed by atoms with E-state index >= 15 is 0 Å². The molecular weight excluding hydrogens is 707 g/mol. The summed E-state index contributed by atoms with van der Waals surface area (Å²) in [4.78, 5) is 45.7. The molecule has 0 radical (unpaired) electrons. The Bertz CT molecular complexity index is 2060. The Hall–Kier alpha value is -5.91. The van der Waals surface area contributed by atoms with Crippen molar-refractivity contribution in [3.8, 4) is 11.9 Å². The van der Waals surface area contributed by atoms with Crippen LogP contribution in [0.4, 0.5) is 33.3 Å². The van der Waals surface area contributed by atoms with Gasteiger partial charge in [0, 0.05) is 23.7 Å². The van der Waals surface area contributed by atoms with Crippen LogP contribution in [-0.4, -0.2) is 77.1 Å². The molecule has 0 atom stereocenters. The molecule has 0 saturated heterocycles. The lowest BCUT2D eigenvalue weighted by atomic mass is 9.91. The van der Waals surface area contributed by atoms with Crippen LogP contribution >= 0.6 is 22.7 Å². The van der Waals surface area contributed by atoms with Crippen molar-refractivity contribution in [1.29, 1.82) is 0 Å². The van der Waals surface area contributed by atoms with E-state index in [9.17, 15) is 14.4 Å². The highest BCUT2D eigenvalue weighted by Crippen LogP contribution is 2.39. The molecule has 5 heterocycles. The molecule has 268 valence electrons. The number of azo groups is 2. The minimum Gasteiger partial charge on any atom is -0.481 e. The predicted molar refractivity (Wildman–Crippen MR) is 183 cm³/mol. The third kappa shape index (κ3) is 8.46. The Morgan fingerprint density at radius 2 is 1.18 bits per heavy atom. The van der Waals surface area contributed by atoms with E-state index in [1.165, 1.54) is 4.68 Å². The predicted octanol–water partition coefficient (Wildman–Crippen LogP) is 3.86. The number of nitrogens with one attached hydrogen (secondary N) is 1. The lowest BCUT2D eigenvalue weighted by Gasteiger charge is -2.15. The van der Waals surface area contributed by atoms with E-state index in [1.54, 1.807) is 0 Å². The topological polar surface area (TPSA) is 322 Å². The molecule has 0 unspecified atom stereocenters. The molecule has 5 aromatic heterocycles. The second-order valence-electron chi connectivity index (χ2n) is 12.9. The summed E-state index contributed by atoms with van der Waals surface area (Å²) in [6.45, 7) is 11.3. The summed E-state index contributed by atoms with van der Waals surface area (Å²) in [7, 11) is 0. The smallest absolute Gasteiger partial charge is 0.351 e. The number of carboxylic acids is 2. The van der Waals surface area contributed by atoms with Crippen molar-refractivity contribution in [1.82, 2.24) is 54.9 Å². The molecule has 0 fully saturated rings. The Labute approximate surface area is 295 Å². The van der Waals surface area contributed by atoms with Crippen molar-refractivity contribution in [3.63, 3.8) is 0 Å². The molecule has 0 aliphatic rings. The van der Waals surface area contributed by atoms with Crippen LogP contribution in [0.2, 0.25) is 0 Å². The van der Waals surface area contributed by atoms with Crippen molar-refractivity contribution in [2.75, 3.05) is 11.5 Å². The molecule has 7 N–H and O–H groups in total. The number of aromatic amines is 1. The summed E-state index contributed by atoms with van der Waals surface area (Å²) in [6.07, 6.45) is 0.185. The molecule has 0 aromatic carbocycles. The van der Waals surface area contributed by atoms with Crippen LogP contribution in [-0.2, 0) is 33.3 Å². The Morgan fingerprint density at radius 3 is 1.63 bits per heavy atom. The van der Waals surface area contributed by atoms with Crippen molar-refractivity contribution in [3.05, 3.63) is 31.9 Å². The summed E-state index contributed by atoms with van der Waals surface area (Å²) >= 11 is 2.17. The first kappa shape index (κ1) is 36.4.